The fourth-order valence-electron chi connectivity index (χ4n) is 1.78. The molecule has 0 saturated carbocycles. The smallest absolute Gasteiger partial charge is 0.272 e. The molecule has 2 aromatic rings. The zero-order chi connectivity index (χ0) is 13.8. The van der Waals surface area contributed by atoms with Gasteiger partial charge < -0.3 is 20.0 Å². The van der Waals surface area contributed by atoms with Gasteiger partial charge in [-0.2, -0.15) is 0 Å². The Bertz CT molecular complexity index is 558. The second kappa shape index (κ2) is 5.71. The van der Waals surface area contributed by atoms with Gasteiger partial charge in [0.2, 0.25) is 0 Å². The maximum absolute atomic E-state index is 12.0. The van der Waals surface area contributed by atoms with Crippen LogP contribution in [-0.2, 0) is 6.54 Å². The average molecular weight is 262 g/mol. The number of imidazole rings is 1. The first kappa shape index (κ1) is 13.4. The molecule has 1 atom stereocenters. The van der Waals surface area contributed by atoms with Crippen molar-refractivity contribution in [1.29, 1.82) is 0 Å². The topological polar surface area (TPSA) is 86.1 Å². The number of amides is 1. The summed E-state index contributed by atoms with van der Waals surface area (Å²) >= 11 is 0. The molecule has 2 rings (SSSR count). The minimum absolute atomic E-state index is 0.194. The van der Waals surface area contributed by atoms with Gasteiger partial charge in [0.05, 0.1) is 12.4 Å². The van der Waals surface area contributed by atoms with Crippen LogP contribution >= 0.6 is 0 Å². The Balaban J connectivity index is 1.99. The number of rotatable bonds is 5. The van der Waals surface area contributed by atoms with E-state index in [4.69, 9.17) is 10.2 Å². The van der Waals surface area contributed by atoms with E-state index in [1.807, 2.05) is 26.0 Å². The number of hydrogen-bond donors (Lipinski definition) is 2. The Kier molecular flexibility index (Phi) is 4.01. The summed E-state index contributed by atoms with van der Waals surface area (Å²) in [6, 6.07) is 3.53. The molecular weight excluding hydrogens is 244 g/mol. The van der Waals surface area contributed by atoms with Gasteiger partial charge in [-0.1, -0.05) is 0 Å². The summed E-state index contributed by atoms with van der Waals surface area (Å²) in [5.41, 5.74) is 5.82. The molecule has 0 aliphatic rings. The third-order valence-electron chi connectivity index (χ3n) is 2.79. The van der Waals surface area contributed by atoms with Crippen LogP contribution in [0, 0.1) is 6.92 Å². The van der Waals surface area contributed by atoms with Gasteiger partial charge in [-0.3, -0.25) is 4.79 Å². The van der Waals surface area contributed by atoms with E-state index >= 15 is 0 Å². The molecule has 0 saturated heterocycles. The number of aryl methyl sites for hydroxylation is 1. The van der Waals surface area contributed by atoms with Crippen molar-refractivity contribution in [3.8, 4) is 0 Å². The third-order valence-corrected chi connectivity index (χ3v) is 2.79. The molecule has 1 unspecified atom stereocenters. The number of carbonyl (C=O) groups excluding carboxylic acids is 1. The minimum atomic E-state index is -0.225. The van der Waals surface area contributed by atoms with Crippen LogP contribution in [0.5, 0.6) is 0 Å². The van der Waals surface area contributed by atoms with Crippen LogP contribution in [0.3, 0.4) is 0 Å². The number of hydrogen-bond acceptors (Lipinski definition) is 4. The minimum Gasteiger partial charge on any atom is -0.464 e. The summed E-state index contributed by atoms with van der Waals surface area (Å²) < 4.78 is 7.26. The molecule has 2 heterocycles. The quantitative estimate of drug-likeness (QED) is 0.848. The first-order valence-corrected chi connectivity index (χ1v) is 6.19. The standard InChI is InChI=1S/C13H18N4O2/c1-9-3-4-12(19-9)10(2)16-13(18)11-7-17(6-5-14)8-15-11/h3-4,7-8,10H,5-6,14H2,1-2H3,(H,16,18). The van der Waals surface area contributed by atoms with Crippen molar-refractivity contribution < 1.29 is 9.21 Å². The molecule has 0 spiro atoms. The summed E-state index contributed by atoms with van der Waals surface area (Å²) in [5, 5.41) is 2.84. The monoisotopic (exact) mass is 262 g/mol. The zero-order valence-corrected chi connectivity index (χ0v) is 11.1. The Morgan fingerprint density at radius 3 is 3.00 bits per heavy atom. The normalized spacial score (nSPS) is 12.4. The van der Waals surface area contributed by atoms with Gasteiger partial charge in [-0.15, -0.1) is 0 Å². The average Bonchev–Trinajstić information content (AvgIpc) is 2.98. The maximum Gasteiger partial charge on any atom is 0.272 e. The van der Waals surface area contributed by atoms with Crippen molar-refractivity contribution in [3.63, 3.8) is 0 Å². The van der Waals surface area contributed by atoms with Gasteiger partial charge >= 0.3 is 0 Å². The first-order valence-electron chi connectivity index (χ1n) is 6.19. The molecule has 0 radical (unpaired) electrons. The van der Waals surface area contributed by atoms with Gasteiger partial charge in [0, 0.05) is 19.3 Å². The predicted molar refractivity (Wildman–Crippen MR) is 70.6 cm³/mol. The highest BCUT2D eigenvalue weighted by molar-refractivity contribution is 5.92. The van der Waals surface area contributed by atoms with Crippen molar-refractivity contribution in [2.45, 2.75) is 26.4 Å². The number of nitrogens with one attached hydrogen (secondary N) is 1. The van der Waals surface area contributed by atoms with Gasteiger partial charge in [0.1, 0.15) is 17.2 Å². The third kappa shape index (κ3) is 3.23. The summed E-state index contributed by atoms with van der Waals surface area (Å²) in [4.78, 5) is 16.0. The lowest BCUT2D eigenvalue weighted by Crippen LogP contribution is -2.26. The van der Waals surface area contributed by atoms with Gasteiger partial charge in [-0.25, -0.2) is 4.98 Å². The van der Waals surface area contributed by atoms with Gasteiger partial charge in [0.15, 0.2) is 0 Å². The lowest BCUT2D eigenvalue weighted by Gasteiger charge is -2.09. The van der Waals surface area contributed by atoms with Crippen molar-refractivity contribution >= 4 is 5.91 Å². The van der Waals surface area contributed by atoms with Crippen molar-refractivity contribution in [2.75, 3.05) is 6.54 Å². The molecule has 6 nitrogen and oxygen atoms in total. The van der Waals surface area contributed by atoms with E-state index in [0.29, 0.717) is 18.8 Å². The van der Waals surface area contributed by atoms with Gasteiger partial charge in [-0.05, 0) is 26.0 Å². The SMILES string of the molecule is Cc1ccc(C(C)NC(=O)c2cn(CCN)cn2)o1. The van der Waals surface area contributed by atoms with Crippen LogP contribution in [0.15, 0.2) is 29.1 Å². The molecule has 6 heteroatoms. The lowest BCUT2D eigenvalue weighted by molar-refractivity contribution is 0.0930. The fraction of sp³-hybridized carbons (Fsp3) is 0.385. The number of aromatic nitrogens is 2. The maximum atomic E-state index is 12.0. The molecule has 0 aliphatic carbocycles. The van der Waals surface area contributed by atoms with Gasteiger partial charge in [0.25, 0.3) is 5.91 Å². The number of nitrogens with two attached hydrogens (primary N) is 1. The molecule has 0 bridgehead atoms. The molecule has 1 amide bonds. The van der Waals surface area contributed by atoms with E-state index in [9.17, 15) is 4.79 Å². The Morgan fingerprint density at radius 2 is 2.37 bits per heavy atom. The number of furan rings is 1. The van der Waals surface area contributed by atoms with E-state index in [0.717, 1.165) is 11.5 Å². The largest absolute Gasteiger partial charge is 0.464 e. The van der Waals surface area contributed by atoms with Crippen LogP contribution < -0.4 is 11.1 Å². The van der Waals surface area contributed by atoms with Crippen LogP contribution in [0.2, 0.25) is 0 Å². The molecule has 0 aliphatic heterocycles. The van der Waals surface area contributed by atoms with Crippen LogP contribution in [0.4, 0.5) is 0 Å². The molecule has 0 aromatic carbocycles. The number of nitrogens with zero attached hydrogens (tertiary/aromatic N) is 2. The summed E-state index contributed by atoms with van der Waals surface area (Å²) in [6.45, 7) is 4.90. The van der Waals surface area contributed by atoms with E-state index in [1.54, 1.807) is 17.1 Å². The lowest BCUT2D eigenvalue weighted by atomic mass is 10.2. The molecule has 19 heavy (non-hydrogen) atoms. The van der Waals surface area contributed by atoms with Crippen molar-refractivity contribution in [2.24, 2.45) is 5.73 Å². The second-order valence-corrected chi connectivity index (χ2v) is 4.43. The molecule has 3 N–H and O–H groups in total. The second-order valence-electron chi connectivity index (χ2n) is 4.43. The van der Waals surface area contributed by atoms with E-state index in [1.165, 1.54) is 0 Å². The van der Waals surface area contributed by atoms with E-state index in [-0.39, 0.29) is 11.9 Å². The molecule has 0 fully saturated rings. The van der Waals surface area contributed by atoms with E-state index in [2.05, 4.69) is 10.3 Å². The van der Waals surface area contributed by atoms with E-state index < -0.39 is 0 Å². The first-order chi connectivity index (χ1) is 9.10. The molecule has 2 aromatic heterocycles. The summed E-state index contributed by atoms with van der Waals surface area (Å²) in [5.74, 6) is 1.33. The van der Waals surface area contributed by atoms with Crippen LogP contribution in [0.1, 0.15) is 35.0 Å². The highest BCUT2D eigenvalue weighted by atomic mass is 16.3. The molecular formula is C13H18N4O2. The Hall–Kier alpha value is -2.08. The molecule has 102 valence electrons. The van der Waals surface area contributed by atoms with Crippen LogP contribution in [0.25, 0.3) is 0 Å². The van der Waals surface area contributed by atoms with Crippen molar-refractivity contribution in [1.82, 2.24) is 14.9 Å². The van der Waals surface area contributed by atoms with Crippen LogP contribution in [-0.4, -0.2) is 22.0 Å². The highest BCUT2D eigenvalue weighted by Crippen LogP contribution is 2.15. The Morgan fingerprint density at radius 1 is 1.58 bits per heavy atom. The van der Waals surface area contributed by atoms with Crippen molar-refractivity contribution in [3.05, 3.63) is 41.9 Å². The zero-order valence-electron chi connectivity index (χ0n) is 11.1. The Labute approximate surface area is 111 Å². The predicted octanol–water partition coefficient (Wildman–Crippen LogP) is 1.23. The summed E-state index contributed by atoms with van der Waals surface area (Å²) in [7, 11) is 0. The number of carbonyl (C=O) groups is 1. The fourth-order valence-corrected chi connectivity index (χ4v) is 1.78. The highest BCUT2D eigenvalue weighted by Gasteiger charge is 2.15. The summed E-state index contributed by atoms with van der Waals surface area (Å²) in [6.07, 6.45) is 3.28.